The number of likely N-dealkylation sites (N-methyl/N-ethyl adjacent to an activating group) is 1. The monoisotopic (exact) mass is 448 g/mol. The van der Waals surface area contributed by atoms with Crippen molar-refractivity contribution in [3.05, 3.63) is 88.9 Å². The summed E-state index contributed by atoms with van der Waals surface area (Å²) in [4.78, 5) is 26.5. The molecule has 32 heavy (non-hydrogen) atoms. The van der Waals surface area contributed by atoms with E-state index in [0.717, 1.165) is 0 Å². The Morgan fingerprint density at radius 1 is 1.00 bits per heavy atom. The fourth-order valence-corrected chi connectivity index (χ4v) is 2.89. The molecule has 8 heteroatoms. The zero-order valence-corrected chi connectivity index (χ0v) is 18.1. The molecule has 3 amide bonds. The zero-order valence-electron chi connectivity index (χ0n) is 17.3. The maximum atomic E-state index is 12.5. The highest BCUT2D eigenvalue weighted by atomic mass is 35.5. The summed E-state index contributed by atoms with van der Waals surface area (Å²) in [6.45, 7) is 0.680. The SMILES string of the molecule is CN(CCOc1ccc(Cl)cc1)C(=O)Nc1cccc(C(=O)Nc2cccc(C#N)c2)c1. The molecule has 0 heterocycles. The Kier molecular flexibility index (Phi) is 7.68. The quantitative estimate of drug-likeness (QED) is 0.531. The second-order valence-electron chi connectivity index (χ2n) is 6.88. The van der Waals surface area contributed by atoms with E-state index in [9.17, 15) is 9.59 Å². The molecule has 0 spiro atoms. The Morgan fingerprint density at radius 2 is 1.69 bits per heavy atom. The third kappa shape index (κ3) is 6.49. The van der Waals surface area contributed by atoms with Gasteiger partial charge in [-0.25, -0.2) is 4.79 Å². The Morgan fingerprint density at radius 3 is 2.41 bits per heavy atom. The number of ether oxygens (including phenoxy) is 1. The molecule has 0 atom stereocenters. The van der Waals surface area contributed by atoms with Crippen LogP contribution in [-0.4, -0.2) is 37.0 Å². The molecule has 0 aliphatic heterocycles. The minimum atomic E-state index is -0.346. The van der Waals surface area contributed by atoms with Crippen LogP contribution in [0.3, 0.4) is 0 Å². The zero-order chi connectivity index (χ0) is 22.9. The van der Waals surface area contributed by atoms with Gasteiger partial charge in [0.25, 0.3) is 5.91 Å². The normalized spacial score (nSPS) is 10.0. The van der Waals surface area contributed by atoms with Crippen molar-refractivity contribution in [3.63, 3.8) is 0 Å². The molecule has 0 bridgehead atoms. The summed E-state index contributed by atoms with van der Waals surface area (Å²) >= 11 is 5.84. The van der Waals surface area contributed by atoms with E-state index in [1.54, 1.807) is 79.8 Å². The molecule has 7 nitrogen and oxygen atoms in total. The van der Waals surface area contributed by atoms with Crippen molar-refractivity contribution >= 4 is 34.9 Å². The van der Waals surface area contributed by atoms with Crippen LogP contribution in [0, 0.1) is 11.3 Å². The van der Waals surface area contributed by atoms with Gasteiger partial charge < -0.3 is 20.3 Å². The average Bonchev–Trinajstić information content (AvgIpc) is 2.80. The molecule has 2 N–H and O–H groups in total. The van der Waals surface area contributed by atoms with E-state index >= 15 is 0 Å². The summed E-state index contributed by atoms with van der Waals surface area (Å²) < 4.78 is 5.60. The molecular weight excluding hydrogens is 428 g/mol. The molecular formula is C24H21ClN4O3. The minimum absolute atomic E-state index is 0.315. The van der Waals surface area contributed by atoms with Crippen molar-refractivity contribution in [2.24, 2.45) is 0 Å². The number of nitriles is 1. The van der Waals surface area contributed by atoms with Crippen LogP contribution in [0.25, 0.3) is 0 Å². The fraction of sp³-hybridized carbons (Fsp3) is 0.125. The standard InChI is InChI=1S/C24H21ClN4O3/c1-29(12-13-32-22-10-8-19(25)9-11-22)24(31)28-21-7-3-5-18(15-21)23(30)27-20-6-2-4-17(14-20)16-26/h2-11,14-15H,12-13H2,1H3,(H,27,30)(H,28,31). The molecule has 0 aliphatic carbocycles. The molecule has 162 valence electrons. The van der Waals surface area contributed by atoms with E-state index in [1.807, 2.05) is 6.07 Å². The van der Waals surface area contributed by atoms with Crippen molar-refractivity contribution in [2.75, 3.05) is 30.8 Å². The van der Waals surface area contributed by atoms with E-state index in [4.69, 9.17) is 21.6 Å². The summed E-state index contributed by atoms with van der Waals surface area (Å²) in [5, 5.41) is 15.1. The first kappa shape index (κ1) is 22.7. The summed E-state index contributed by atoms with van der Waals surface area (Å²) in [5.74, 6) is 0.322. The molecule has 0 unspecified atom stereocenters. The van der Waals surface area contributed by atoms with Crippen LogP contribution in [0.2, 0.25) is 5.02 Å². The van der Waals surface area contributed by atoms with Crippen molar-refractivity contribution < 1.29 is 14.3 Å². The van der Waals surface area contributed by atoms with E-state index in [1.165, 1.54) is 4.90 Å². The topological polar surface area (TPSA) is 94.5 Å². The lowest BCUT2D eigenvalue weighted by Gasteiger charge is -2.18. The van der Waals surface area contributed by atoms with Crippen LogP contribution in [0.5, 0.6) is 5.75 Å². The number of rotatable bonds is 7. The van der Waals surface area contributed by atoms with Gasteiger partial charge in [-0.3, -0.25) is 4.79 Å². The highest BCUT2D eigenvalue weighted by Crippen LogP contribution is 2.16. The number of hydrogen-bond acceptors (Lipinski definition) is 4. The Bertz CT molecular complexity index is 1140. The first-order valence-electron chi connectivity index (χ1n) is 9.76. The van der Waals surface area contributed by atoms with Crippen molar-refractivity contribution in [1.29, 1.82) is 5.26 Å². The number of benzene rings is 3. The highest BCUT2D eigenvalue weighted by molar-refractivity contribution is 6.30. The molecule has 0 saturated carbocycles. The summed E-state index contributed by atoms with van der Waals surface area (Å²) in [6, 6.07) is 21.9. The van der Waals surface area contributed by atoms with E-state index in [0.29, 0.717) is 46.4 Å². The molecule has 0 saturated heterocycles. The van der Waals surface area contributed by atoms with Crippen molar-refractivity contribution in [2.45, 2.75) is 0 Å². The second kappa shape index (κ2) is 10.8. The van der Waals surface area contributed by atoms with Crippen LogP contribution in [0.15, 0.2) is 72.8 Å². The van der Waals surface area contributed by atoms with E-state index < -0.39 is 0 Å². The summed E-state index contributed by atoms with van der Waals surface area (Å²) in [6.07, 6.45) is 0. The van der Waals surface area contributed by atoms with Gasteiger partial charge in [-0.05, 0) is 60.7 Å². The maximum Gasteiger partial charge on any atom is 0.321 e. The number of carbonyl (C=O) groups excluding carboxylic acids is 2. The Balaban J connectivity index is 1.53. The van der Waals surface area contributed by atoms with Gasteiger partial charge in [-0.1, -0.05) is 23.7 Å². The average molecular weight is 449 g/mol. The number of amides is 3. The van der Waals surface area contributed by atoms with Crippen LogP contribution in [0.4, 0.5) is 16.2 Å². The second-order valence-corrected chi connectivity index (χ2v) is 7.32. The number of anilines is 2. The molecule has 3 aromatic rings. The number of hydrogen-bond donors (Lipinski definition) is 2. The van der Waals surface area contributed by atoms with E-state index in [2.05, 4.69) is 10.6 Å². The molecule has 0 fully saturated rings. The van der Waals surface area contributed by atoms with Gasteiger partial charge in [0.2, 0.25) is 0 Å². The predicted octanol–water partition coefficient (Wildman–Crippen LogP) is 5.01. The minimum Gasteiger partial charge on any atom is -0.492 e. The molecule has 0 aromatic heterocycles. The number of nitrogens with one attached hydrogen (secondary N) is 2. The van der Waals surface area contributed by atoms with Gasteiger partial charge in [0.05, 0.1) is 18.2 Å². The number of urea groups is 1. The summed E-state index contributed by atoms with van der Waals surface area (Å²) in [5.41, 5.74) is 1.83. The Labute approximate surface area is 191 Å². The highest BCUT2D eigenvalue weighted by Gasteiger charge is 2.12. The molecule has 0 radical (unpaired) electrons. The molecule has 3 rings (SSSR count). The van der Waals surface area contributed by atoms with Crippen LogP contribution >= 0.6 is 11.6 Å². The lowest BCUT2D eigenvalue weighted by atomic mass is 10.1. The van der Waals surface area contributed by atoms with Crippen LogP contribution in [0.1, 0.15) is 15.9 Å². The smallest absolute Gasteiger partial charge is 0.321 e. The predicted molar refractivity (Wildman–Crippen MR) is 124 cm³/mol. The third-order valence-corrected chi connectivity index (χ3v) is 4.73. The first-order chi connectivity index (χ1) is 15.4. The van der Waals surface area contributed by atoms with Gasteiger partial charge >= 0.3 is 6.03 Å². The number of nitrogens with zero attached hydrogens (tertiary/aromatic N) is 2. The first-order valence-corrected chi connectivity index (χ1v) is 10.1. The fourth-order valence-electron chi connectivity index (χ4n) is 2.76. The maximum absolute atomic E-state index is 12.5. The Hall–Kier alpha value is -4.02. The van der Waals surface area contributed by atoms with Crippen LogP contribution in [-0.2, 0) is 0 Å². The lowest BCUT2D eigenvalue weighted by molar-refractivity contribution is 0.102. The van der Waals surface area contributed by atoms with Gasteiger partial charge in [0, 0.05) is 29.0 Å². The largest absolute Gasteiger partial charge is 0.492 e. The van der Waals surface area contributed by atoms with Gasteiger partial charge in [0.15, 0.2) is 0 Å². The number of carbonyl (C=O) groups is 2. The van der Waals surface area contributed by atoms with Crippen molar-refractivity contribution in [3.8, 4) is 11.8 Å². The van der Waals surface area contributed by atoms with E-state index in [-0.39, 0.29) is 11.9 Å². The summed E-state index contributed by atoms with van der Waals surface area (Å²) in [7, 11) is 1.65. The molecule has 0 aliphatic rings. The van der Waals surface area contributed by atoms with Crippen molar-refractivity contribution in [1.82, 2.24) is 4.90 Å². The lowest BCUT2D eigenvalue weighted by Crippen LogP contribution is -2.34. The molecule has 3 aromatic carbocycles. The van der Waals surface area contributed by atoms with Crippen LogP contribution < -0.4 is 15.4 Å². The third-order valence-electron chi connectivity index (χ3n) is 4.48. The van der Waals surface area contributed by atoms with Gasteiger partial charge in [-0.2, -0.15) is 5.26 Å². The van der Waals surface area contributed by atoms with Gasteiger partial charge in [-0.15, -0.1) is 0 Å². The van der Waals surface area contributed by atoms with Gasteiger partial charge in [0.1, 0.15) is 12.4 Å². The number of halogens is 1.